The maximum Gasteiger partial charge on any atom is 0.269 e. The van der Waals surface area contributed by atoms with E-state index in [9.17, 15) is 18.0 Å². The predicted octanol–water partition coefficient (Wildman–Crippen LogP) is 1.16. The fourth-order valence-electron chi connectivity index (χ4n) is 1.64. The van der Waals surface area contributed by atoms with Crippen LogP contribution in [0.4, 0.5) is 0 Å². The number of carbonyl (C=O) groups is 2. The molecular formula is C15H14N2O5S. The fourth-order valence-corrected chi connectivity index (χ4v) is 2.31. The van der Waals surface area contributed by atoms with Crippen LogP contribution in [0.2, 0.25) is 0 Å². The second kappa shape index (κ2) is 6.93. The number of benzene rings is 1. The highest BCUT2D eigenvalue weighted by Crippen LogP contribution is 2.11. The van der Waals surface area contributed by atoms with Crippen LogP contribution in [0.5, 0.6) is 0 Å². The van der Waals surface area contributed by atoms with E-state index in [0.717, 1.165) is 6.26 Å². The second-order valence-corrected chi connectivity index (χ2v) is 6.61. The van der Waals surface area contributed by atoms with Crippen molar-refractivity contribution in [2.45, 2.75) is 4.90 Å². The van der Waals surface area contributed by atoms with Crippen molar-refractivity contribution in [1.29, 1.82) is 0 Å². The van der Waals surface area contributed by atoms with Gasteiger partial charge in [-0.25, -0.2) is 8.42 Å². The molecule has 0 atom stereocenters. The first kappa shape index (κ1) is 16.5. The molecule has 0 saturated carbocycles. The van der Waals surface area contributed by atoms with Crippen LogP contribution in [0.15, 0.2) is 58.1 Å². The van der Waals surface area contributed by atoms with Gasteiger partial charge in [0.05, 0.1) is 11.2 Å². The van der Waals surface area contributed by atoms with Gasteiger partial charge >= 0.3 is 0 Å². The quantitative estimate of drug-likeness (QED) is 0.645. The highest BCUT2D eigenvalue weighted by molar-refractivity contribution is 7.90. The van der Waals surface area contributed by atoms with Crippen molar-refractivity contribution >= 4 is 27.7 Å². The van der Waals surface area contributed by atoms with Crippen molar-refractivity contribution in [3.8, 4) is 0 Å². The molecule has 0 unspecified atom stereocenters. The Balaban J connectivity index is 1.96. The molecule has 120 valence electrons. The Labute approximate surface area is 132 Å². The minimum atomic E-state index is -3.41. The zero-order valence-corrected chi connectivity index (χ0v) is 13.0. The van der Waals surface area contributed by atoms with Crippen molar-refractivity contribution < 1.29 is 22.4 Å². The number of hydrogen-bond donors (Lipinski definition) is 2. The maximum atomic E-state index is 11.9. The molecule has 0 aliphatic carbocycles. The standard InChI is InChI=1S/C15H14N2O5S/c1-23(20,21)13-6-2-4-11(10-13)15(19)17-16-14(18)8-7-12-5-3-9-22-12/h2-10H,1H3,(H,16,18)(H,17,19)/b8-7+. The first-order valence-electron chi connectivity index (χ1n) is 6.48. The van der Waals surface area contributed by atoms with Gasteiger partial charge in [0.2, 0.25) is 0 Å². The molecular weight excluding hydrogens is 320 g/mol. The van der Waals surface area contributed by atoms with E-state index in [0.29, 0.717) is 5.76 Å². The van der Waals surface area contributed by atoms with E-state index in [1.807, 2.05) is 0 Å². The topological polar surface area (TPSA) is 105 Å². The molecule has 0 aliphatic rings. The van der Waals surface area contributed by atoms with Gasteiger partial charge in [-0.15, -0.1) is 0 Å². The fraction of sp³-hybridized carbons (Fsp3) is 0.0667. The number of hydrogen-bond acceptors (Lipinski definition) is 5. The summed E-state index contributed by atoms with van der Waals surface area (Å²) < 4.78 is 27.9. The molecule has 0 aliphatic heterocycles. The molecule has 2 rings (SSSR count). The van der Waals surface area contributed by atoms with Gasteiger partial charge in [-0.1, -0.05) is 6.07 Å². The third-order valence-electron chi connectivity index (χ3n) is 2.77. The van der Waals surface area contributed by atoms with Gasteiger partial charge in [0.15, 0.2) is 9.84 Å². The lowest BCUT2D eigenvalue weighted by Gasteiger charge is -2.06. The van der Waals surface area contributed by atoms with Crippen LogP contribution in [0.25, 0.3) is 6.08 Å². The van der Waals surface area contributed by atoms with Crippen molar-refractivity contribution in [3.63, 3.8) is 0 Å². The van der Waals surface area contributed by atoms with Crippen molar-refractivity contribution in [3.05, 3.63) is 60.1 Å². The number of furan rings is 1. The molecule has 0 spiro atoms. The van der Waals surface area contributed by atoms with Crippen LogP contribution >= 0.6 is 0 Å². The summed E-state index contributed by atoms with van der Waals surface area (Å²) in [7, 11) is -3.41. The number of sulfone groups is 1. The Morgan fingerprint density at radius 3 is 2.57 bits per heavy atom. The minimum absolute atomic E-state index is 0.0224. The molecule has 2 amide bonds. The Bertz CT molecular complexity index is 839. The monoisotopic (exact) mass is 334 g/mol. The van der Waals surface area contributed by atoms with E-state index in [-0.39, 0.29) is 10.5 Å². The molecule has 0 bridgehead atoms. The van der Waals surface area contributed by atoms with E-state index in [1.54, 1.807) is 12.1 Å². The molecule has 0 radical (unpaired) electrons. The van der Waals surface area contributed by atoms with E-state index < -0.39 is 21.7 Å². The molecule has 7 nitrogen and oxygen atoms in total. The number of carbonyl (C=O) groups excluding carboxylic acids is 2. The molecule has 8 heteroatoms. The van der Waals surface area contributed by atoms with Crippen LogP contribution in [0, 0.1) is 0 Å². The number of nitrogens with one attached hydrogen (secondary N) is 2. The number of rotatable bonds is 4. The summed E-state index contributed by atoms with van der Waals surface area (Å²) in [4.78, 5) is 23.5. The average molecular weight is 334 g/mol. The summed E-state index contributed by atoms with van der Waals surface area (Å²) in [6.45, 7) is 0. The lowest BCUT2D eigenvalue weighted by molar-refractivity contribution is -0.117. The van der Waals surface area contributed by atoms with E-state index in [4.69, 9.17) is 4.42 Å². The summed E-state index contributed by atoms with van der Waals surface area (Å²) in [6, 6.07) is 8.85. The molecule has 23 heavy (non-hydrogen) atoms. The first-order chi connectivity index (χ1) is 10.9. The summed E-state index contributed by atoms with van der Waals surface area (Å²) >= 11 is 0. The van der Waals surface area contributed by atoms with Crippen LogP contribution < -0.4 is 10.9 Å². The Hall–Kier alpha value is -2.87. The van der Waals surface area contributed by atoms with Gasteiger partial charge in [-0.2, -0.15) is 0 Å². The average Bonchev–Trinajstić information content (AvgIpc) is 3.03. The lowest BCUT2D eigenvalue weighted by Crippen LogP contribution is -2.40. The van der Waals surface area contributed by atoms with E-state index in [1.165, 1.54) is 42.7 Å². The Kier molecular flexibility index (Phi) is 4.97. The molecule has 2 aromatic rings. The minimum Gasteiger partial charge on any atom is -0.465 e. The van der Waals surface area contributed by atoms with Gasteiger partial charge in [0.25, 0.3) is 11.8 Å². The zero-order valence-electron chi connectivity index (χ0n) is 12.1. The zero-order chi connectivity index (χ0) is 16.9. The second-order valence-electron chi connectivity index (χ2n) is 4.59. The van der Waals surface area contributed by atoms with Crippen LogP contribution in [0.3, 0.4) is 0 Å². The Morgan fingerprint density at radius 2 is 1.91 bits per heavy atom. The summed E-state index contributed by atoms with van der Waals surface area (Å²) in [5.41, 5.74) is 4.49. The third kappa shape index (κ3) is 4.82. The molecule has 1 aromatic carbocycles. The van der Waals surface area contributed by atoms with Crippen LogP contribution in [0.1, 0.15) is 16.1 Å². The van der Waals surface area contributed by atoms with Crippen LogP contribution in [-0.4, -0.2) is 26.5 Å². The van der Waals surface area contributed by atoms with Crippen molar-refractivity contribution in [1.82, 2.24) is 10.9 Å². The van der Waals surface area contributed by atoms with E-state index in [2.05, 4.69) is 10.9 Å². The van der Waals surface area contributed by atoms with Crippen molar-refractivity contribution in [2.75, 3.05) is 6.26 Å². The maximum absolute atomic E-state index is 11.9. The molecule has 2 N–H and O–H groups in total. The SMILES string of the molecule is CS(=O)(=O)c1cccc(C(=O)NNC(=O)/C=C/c2ccco2)c1. The molecule has 0 saturated heterocycles. The number of amides is 2. The first-order valence-corrected chi connectivity index (χ1v) is 8.37. The van der Waals surface area contributed by atoms with Gasteiger partial charge in [0, 0.05) is 17.9 Å². The molecule has 1 heterocycles. The predicted molar refractivity (Wildman–Crippen MR) is 82.9 cm³/mol. The molecule has 0 fully saturated rings. The van der Waals surface area contributed by atoms with Gasteiger partial charge in [-0.05, 0) is 36.4 Å². The summed E-state index contributed by atoms with van der Waals surface area (Å²) in [5, 5.41) is 0. The van der Waals surface area contributed by atoms with Gasteiger partial charge in [0.1, 0.15) is 5.76 Å². The lowest BCUT2D eigenvalue weighted by atomic mass is 10.2. The highest BCUT2D eigenvalue weighted by Gasteiger charge is 2.11. The van der Waals surface area contributed by atoms with Crippen molar-refractivity contribution in [2.24, 2.45) is 0 Å². The normalized spacial score (nSPS) is 11.3. The van der Waals surface area contributed by atoms with Crippen LogP contribution in [-0.2, 0) is 14.6 Å². The molecule has 1 aromatic heterocycles. The third-order valence-corrected chi connectivity index (χ3v) is 3.88. The highest BCUT2D eigenvalue weighted by atomic mass is 32.2. The van der Waals surface area contributed by atoms with Gasteiger partial charge < -0.3 is 4.42 Å². The number of hydrazine groups is 1. The summed E-state index contributed by atoms with van der Waals surface area (Å²) in [5.74, 6) is -0.698. The Morgan fingerprint density at radius 1 is 1.13 bits per heavy atom. The van der Waals surface area contributed by atoms with E-state index >= 15 is 0 Å². The van der Waals surface area contributed by atoms with Gasteiger partial charge in [-0.3, -0.25) is 20.4 Å². The largest absolute Gasteiger partial charge is 0.465 e. The smallest absolute Gasteiger partial charge is 0.269 e. The summed E-state index contributed by atoms with van der Waals surface area (Å²) in [6.07, 6.45) is 5.14.